The van der Waals surface area contributed by atoms with E-state index in [-0.39, 0.29) is 17.6 Å². The molecule has 0 fully saturated rings. The van der Waals surface area contributed by atoms with Crippen molar-refractivity contribution in [2.45, 2.75) is 13.0 Å². The fraction of sp³-hybridized carbons (Fsp3) is 0.158. The van der Waals surface area contributed by atoms with Crippen molar-refractivity contribution in [3.8, 4) is 0 Å². The normalized spacial score (nSPS) is 12.4. The van der Waals surface area contributed by atoms with Gasteiger partial charge < -0.3 is 4.90 Å². The van der Waals surface area contributed by atoms with Crippen molar-refractivity contribution >= 4 is 39.2 Å². The maximum Gasteiger partial charge on any atom is 0.270 e. The number of nitrogens with zero attached hydrogens (tertiary/aromatic N) is 3. The number of aromatic nitrogens is 1. The van der Waals surface area contributed by atoms with Crippen LogP contribution in [0.15, 0.2) is 54.6 Å². The van der Waals surface area contributed by atoms with Crippen LogP contribution in [0.2, 0.25) is 0 Å². The van der Waals surface area contributed by atoms with E-state index < -0.39 is 4.92 Å². The number of amides is 1. The average molecular weight is 367 g/mol. The molecule has 0 aliphatic heterocycles. The van der Waals surface area contributed by atoms with Gasteiger partial charge in [0.25, 0.3) is 5.69 Å². The van der Waals surface area contributed by atoms with Gasteiger partial charge in [-0.2, -0.15) is 0 Å². The quantitative estimate of drug-likeness (QED) is 0.379. The van der Waals surface area contributed by atoms with Crippen molar-refractivity contribution in [3.63, 3.8) is 0 Å². The van der Waals surface area contributed by atoms with E-state index in [1.165, 1.54) is 18.2 Å². The van der Waals surface area contributed by atoms with Gasteiger partial charge in [-0.25, -0.2) is 4.98 Å². The van der Waals surface area contributed by atoms with E-state index in [0.29, 0.717) is 5.56 Å². The monoisotopic (exact) mass is 367 g/mol. The molecule has 26 heavy (non-hydrogen) atoms. The van der Waals surface area contributed by atoms with Crippen molar-refractivity contribution in [3.05, 3.63) is 75.3 Å². The number of non-ortho nitro benzene ring substituents is 1. The van der Waals surface area contributed by atoms with Crippen molar-refractivity contribution in [2.75, 3.05) is 7.05 Å². The summed E-state index contributed by atoms with van der Waals surface area (Å²) in [5.74, 6) is -0.191. The van der Waals surface area contributed by atoms with Gasteiger partial charge in [0.15, 0.2) is 0 Å². The molecule has 1 heterocycles. The van der Waals surface area contributed by atoms with Crippen LogP contribution >= 0.6 is 11.3 Å². The van der Waals surface area contributed by atoms with Crippen molar-refractivity contribution in [1.82, 2.24) is 9.88 Å². The zero-order valence-corrected chi connectivity index (χ0v) is 15.1. The van der Waals surface area contributed by atoms with Crippen LogP contribution in [0.25, 0.3) is 16.3 Å². The van der Waals surface area contributed by atoms with Crippen LogP contribution in [-0.2, 0) is 4.79 Å². The lowest BCUT2D eigenvalue weighted by molar-refractivity contribution is -0.384. The molecule has 2 aromatic carbocycles. The van der Waals surface area contributed by atoms with E-state index in [4.69, 9.17) is 0 Å². The highest BCUT2D eigenvalue weighted by molar-refractivity contribution is 7.18. The van der Waals surface area contributed by atoms with Crippen LogP contribution in [0.3, 0.4) is 0 Å². The zero-order valence-electron chi connectivity index (χ0n) is 14.3. The number of hydrogen-bond donors (Lipinski definition) is 0. The first-order valence-electron chi connectivity index (χ1n) is 8.00. The molecule has 6 nitrogen and oxygen atoms in total. The summed E-state index contributed by atoms with van der Waals surface area (Å²) >= 11 is 1.57. The number of nitro groups is 1. The topological polar surface area (TPSA) is 76.3 Å². The fourth-order valence-corrected chi connectivity index (χ4v) is 3.52. The van der Waals surface area contributed by atoms with Crippen molar-refractivity contribution in [1.29, 1.82) is 0 Å². The molecule has 0 saturated carbocycles. The van der Waals surface area contributed by atoms with Crippen LogP contribution in [0.5, 0.6) is 0 Å². The number of carbonyl (C=O) groups is 1. The van der Waals surface area contributed by atoms with Gasteiger partial charge in [0.2, 0.25) is 5.91 Å². The Hall–Kier alpha value is -3.06. The SMILES string of the molecule is C[C@H](c1nc2ccccc2s1)N(C)C(=O)/C=C/c1cccc([N+](=O)[O-])c1. The van der Waals surface area contributed by atoms with Gasteiger partial charge in [-0.05, 0) is 30.7 Å². The standard InChI is InChI=1S/C19H17N3O3S/c1-13(19-20-16-8-3-4-9-17(16)26-19)21(2)18(23)11-10-14-6-5-7-15(12-14)22(24)25/h3-13H,1-2H3/b11-10+/t13-/m1/s1. The highest BCUT2D eigenvalue weighted by Crippen LogP contribution is 2.29. The number of benzene rings is 2. The van der Waals surface area contributed by atoms with E-state index in [9.17, 15) is 14.9 Å². The van der Waals surface area contributed by atoms with Crippen LogP contribution in [0.1, 0.15) is 23.5 Å². The third-order valence-electron chi connectivity index (χ3n) is 4.10. The van der Waals surface area contributed by atoms with Gasteiger partial charge in [-0.15, -0.1) is 11.3 Å². The first kappa shape index (κ1) is 17.8. The number of likely N-dealkylation sites (N-methyl/N-ethyl adjacent to an activating group) is 1. The van der Waals surface area contributed by atoms with Crippen LogP contribution in [0.4, 0.5) is 5.69 Å². The highest BCUT2D eigenvalue weighted by Gasteiger charge is 2.19. The first-order chi connectivity index (χ1) is 12.5. The van der Waals surface area contributed by atoms with Gasteiger partial charge in [-0.1, -0.05) is 24.3 Å². The molecule has 1 amide bonds. The Labute approximate surface area is 154 Å². The largest absolute Gasteiger partial charge is 0.333 e. The van der Waals surface area contributed by atoms with Gasteiger partial charge in [-0.3, -0.25) is 14.9 Å². The molecule has 0 saturated heterocycles. The molecule has 132 valence electrons. The third-order valence-corrected chi connectivity index (χ3v) is 5.30. The number of thiazole rings is 1. The van der Waals surface area contributed by atoms with E-state index >= 15 is 0 Å². The summed E-state index contributed by atoms with van der Waals surface area (Å²) in [4.78, 5) is 29.0. The molecule has 0 spiro atoms. The molecule has 0 N–H and O–H groups in total. The van der Waals surface area contributed by atoms with E-state index in [0.717, 1.165) is 15.2 Å². The lowest BCUT2D eigenvalue weighted by Gasteiger charge is -2.21. The number of fused-ring (bicyclic) bond motifs is 1. The van der Waals surface area contributed by atoms with E-state index in [1.807, 2.05) is 31.2 Å². The molecule has 7 heteroatoms. The number of carbonyl (C=O) groups excluding carboxylic acids is 1. The molecule has 1 aromatic heterocycles. The predicted molar refractivity (Wildman–Crippen MR) is 103 cm³/mol. The molecule has 3 aromatic rings. The average Bonchev–Trinajstić information content (AvgIpc) is 3.09. The zero-order chi connectivity index (χ0) is 18.7. The molecular weight excluding hydrogens is 350 g/mol. The van der Waals surface area contributed by atoms with E-state index in [1.54, 1.807) is 41.5 Å². The molecule has 3 rings (SSSR count). The lowest BCUT2D eigenvalue weighted by Crippen LogP contribution is -2.27. The van der Waals surface area contributed by atoms with Gasteiger partial charge in [0.05, 0.1) is 21.2 Å². The smallest absolute Gasteiger partial charge is 0.270 e. The van der Waals surface area contributed by atoms with Gasteiger partial charge in [0.1, 0.15) is 5.01 Å². The maximum absolute atomic E-state index is 12.4. The second kappa shape index (κ2) is 7.45. The summed E-state index contributed by atoms with van der Waals surface area (Å²) in [6.07, 6.45) is 3.00. The van der Waals surface area contributed by atoms with Gasteiger partial charge >= 0.3 is 0 Å². The predicted octanol–water partition coefficient (Wildman–Crippen LogP) is 4.44. The number of hydrogen-bond acceptors (Lipinski definition) is 5. The van der Waals surface area contributed by atoms with Crippen molar-refractivity contribution in [2.24, 2.45) is 0 Å². The Balaban J connectivity index is 1.74. The summed E-state index contributed by atoms with van der Waals surface area (Å²) in [6, 6.07) is 13.8. The van der Waals surface area contributed by atoms with Crippen LogP contribution in [0, 0.1) is 10.1 Å². The van der Waals surface area contributed by atoms with E-state index in [2.05, 4.69) is 4.98 Å². The Morgan fingerprint density at radius 2 is 2.04 bits per heavy atom. The molecule has 0 radical (unpaired) electrons. The van der Waals surface area contributed by atoms with Crippen molar-refractivity contribution < 1.29 is 9.72 Å². The van der Waals surface area contributed by atoms with Crippen LogP contribution in [-0.4, -0.2) is 27.8 Å². The number of para-hydroxylation sites is 1. The lowest BCUT2D eigenvalue weighted by atomic mass is 10.2. The highest BCUT2D eigenvalue weighted by atomic mass is 32.1. The van der Waals surface area contributed by atoms with Crippen LogP contribution < -0.4 is 0 Å². The molecule has 0 bridgehead atoms. The molecule has 1 atom stereocenters. The Kier molecular flexibility index (Phi) is 5.09. The first-order valence-corrected chi connectivity index (χ1v) is 8.82. The molecule has 0 aliphatic carbocycles. The Bertz CT molecular complexity index is 963. The molecular formula is C19H17N3O3S. The summed E-state index contributed by atoms with van der Waals surface area (Å²) < 4.78 is 1.09. The minimum absolute atomic E-state index is 0.00389. The Morgan fingerprint density at radius 3 is 2.77 bits per heavy atom. The maximum atomic E-state index is 12.4. The Morgan fingerprint density at radius 1 is 1.27 bits per heavy atom. The summed E-state index contributed by atoms with van der Waals surface area (Å²) in [7, 11) is 1.72. The fourth-order valence-electron chi connectivity index (χ4n) is 2.45. The minimum atomic E-state index is -0.458. The number of rotatable bonds is 5. The summed E-state index contributed by atoms with van der Waals surface area (Å²) in [6.45, 7) is 1.93. The second-order valence-corrected chi connectivity index (χ2v) is 6.89. The number of nitro benzene ring substituents is 1. The third kappa shape index (κ3) is 3.78. The minimum Gasteiger partial charge on any atom is -0.333 e. The summed E-state index contributed by atoms with van der Waals surface area (Å²) in [5, 5.41) is 11.7. The molecule has 0 aliphatic rings. The second-order valence-electron chi connectivity index (χ2n) is 5.83. The molecule has 0 unspecified atom stereocenters. The van der Waals surface area contributed by atoms with Gasteiger partial charge in [0, 0.05) is 25.3 Å². The summed E-state index contributed by atoms with van der Waals surface area (Å²) in [5.41, 5.74) is 1.52.